The summed E-state index contributed by atoms with van der Waals surface area (Å²) in [7, 11) is 0. The van der Waals surface area contributed by atoms with Crippen LogP contribution in [0.25, 0.3) is 22.1 Å². The number of aromatic nitrogens is 1. The molecule has 0 aliphatic heterocycles. The summed E-state index contributed by atoms with van der Waals surface area (Å²) in [6.07, 6.45) is 1.61. The summed E-state index contributed by atoms with van der Waals surface area (Å²) in [5, 5.41) is 8.89. The van der Waals surface area contributed by atoms with Crippen LogP contribution in [0.2, 0.25) is 0 Å². The van der Waals surface area contributed by atoms with E-state index < -0.39 is 5.97 Å². The highest BCUT2D eigenvalue weighted by molar-refractivity contribution is 7.17. The maximum Gasteiger partial charge on any atom is 0.345 e. The van der Waals surface area contributed by atoms with E-state index in [1.807, 2.05) is 30.3 Å². The number of thiophene rings is 1. The zero-order chi connectivity index (χ0) is 13.2. The Morgan fingerprint density at radius 1 is 1.16 bits per heavy atom. The Hall–Kier alpha value is -2.40. The van der Waals surface area contributed by atoms with Crippen LogP contribution >= 0.6 is 11.3 Å². The number of rotatable bonds is 3. The first-order chi connectivity index (χ1) is 9.24. The number of aromatic carboxylic acids is 1. The molecule has 0 fully saturated rings. The number of nitrogens with zero attached hydrogens (tertiary/aromatic N) is 1. The van der Waals surface area contributed by atoms with Crippen molar-refractivity contribution in [2.24, 2.45) is 0 Å². The van der Waals surface area contributed by atoms with Gasteiger partial charge in [0.05, 0.1) is 11.1 Å². The number of hydrogen-bond acceptors (Lipinski definition) is 4. The van der Waals surface area contributed by atoms with Gasteiger partial charge in [0.1, 0.15) is 4.88 Å². The van der Waals surface area contributed by atoms with Crippen LogP contribution in [-0.4, -0.2) is 16.1 Å². The van der Waals surface area contributed by atoms with E-state index in [2.05, 4.69) is 4.98 Å². The molecule has 0 spiro atoms. The summed E-state index contributed by atoms with van der Waals surface area (Å²) in [6.45, 7) is 0. The molecule has 0 saturated heterocycles. The van der Waals surface area contributed by atoms with Gasteiger partial charge < -0.3 is 9.52 Å². The minimum absolute atomic E-state index is 0.285. The summed E-state index contributed by atoms with van der Waals surface area (Å²) in [5.41, 5.74) is 0.892. The molecule has 0 aliphatic rings. The van der Waals surface area contributed by atoms with E-state index in [4.69, 9.17) is 9.52 Å². The molecule has 2 heterocycles. The first-order valence-corrected chi connectivity index (χ1v) is 6.40. The van der Waals surface area contributed by atoms with E-state index in [0.717, 1.165) is 10.4 Å². The number of oxazole rings is 1. The lowest BCUT2D eigenvalue weighted by atomic mass is 10.2. The van der Waals surface area contributed by atoms with Crippen molar-refractivity contribution in [3.63, 3.8) is 0 Å². The van der Waals surface area contributed by atoms with Crippen LogP contribution in [-0.2, 0) is 0 Å². The van der Waals surface area contributed by atoms with Crippen molar-refractivity contribution in [1.29, 1.82) is 0 Å². The zero-order valence-corrected chi connectivity index (χ0v) is 10.6. The third kappa shape index (κ3) is 2.28. The van der Waals surface area contributed by atoms with Crippen LogP contribution in [0.4, 0.5) is 0 Å². The van der Waals surface area contributed by atoms with Gasteiger partial charge in [-0.15, -0.1) is 11.3 Å². The fourth-order valence-corrected chi connectivity index (χ4v) is 2.48. The first-order valence-electron chi connectivity index (χ1n) is 5.59. The van der Waals surface area contributed by atoms with E-state index in [0.29, 0.717) is 11.7 Å². The molecule has 3 aromatic rings. The molecule has 0 aliphatic carbocycles. The van der Waals surface area contributed by atoms with Gasteiger partial charge in [-0.25, -0.2) is 9.78 Å². The maximum atomic E-state index is 10.8. The fourth-order valence-electron chi connectivity index (χ4n) is 1.69. The van der Waals surface area contributed by atoms with Crippen LogP contribution < -0.4 is 0 Å². The van der Waals surface area contributed by atoms with E-state index in [1.54, 1.807) is 18.3 Å². The Balaban J connectivity index is 1.94. The average Bonchev–Trinajstić information content (AvgIpc) is 3.09. The van der Waals surface area contributed by atoms with Crippen molar-refractivity contribution in [3.05, 3.63) is 53.5 Å². The number of carboxylic acid groups (broad SMARTS) is 1. The molecule has 1 aromatic carbocycles. The molecule has 4 nitrogen and oxygen atoms in total. The predicted octanol–water partition coefficient (Wildman–Crippen LogP) is 3.77. The zero-order valence-electron chi connectivity index (χ0n) is 9.74. The second kappa shape index (κ2) is 4.70. The molecule has 0 bridgehead atoms. The number of hydrogen-bond donors (Lipinski definition) is 1. The van der Waals surface area contributed by atoms with Gasteiger partial charge in [0.25, 0.3) is 0 Å². The van der Waals surface area contributed by atoms with Crippen molar-refractivity contribution in [1.82, 2.24) is 4.98 Å². The molecule has 0 amide bonds. The quantitative estimate of drug-likeness (QED) is 0.787. The lowest BCUT2D eigenvalue weighted by molar-refractivity contribution is 0.0702. The number of carboxylic acids is 1. The number of carbonyl (C=O) groups is 1. The summed E-state index contributed by atoms with van der Waals surface area (Å²) in [4.78, 5) is 16.1. The van der Waals surface area contributed by atoms with Gasteiger partial charge in [-0.2, -0.15) is 0 Å². The van der Waals surface area contributed by atoms with Crippen LogP contribution in [0, 0.1) is 0 Å². The summed E-state index contributed by atoms with van der Waals surface area (Å²) in [5.74, 6) is 0.177. The smallest absolute Gasteiger partial charge is 0.345 e. The molecule has 0 radical (unpaired) electrons. The van der Waals surface area contributed by atoms with Gasteiger partial charge in [0.2, 0.25) is 5.89 Å². The van der Waals surface area contributed by atoms with Gasteiger partial charge in [0.15, 0.2) is 5.76 Å². The summed E-state index contributed by atoms with van der Waals surface area (Å²) < 4.78 is 5.66. The van der Waals surface area contributed by atoms with E-state index >= 15 is 0 Å². The van der Waals surface area contributed by atoms with Gasteiger partial charge in [-0.1, -0.05) is 18.2 Å². The lowest BCUT2D eigenvalue weighted by Crippen LogP contribution is -1.89. The van der Waals surface area contributed by atoms with Crippen molar-refractivity contribution in [2.75, 3.05) is 0 Å². The van der Waals surface area contributed by atoms with Crippen molar-refractivity contribution in [2.45, 2.75) is 0 Å². The predicted molar refractivity (Wildman–Crippen MR) is 72.2 cm³/mol. The Morgan fingerprint density at radius 2 is 1.95 bits per heavy atom. The van der Waals surface area contributed by atoms with Crippen LogP contribution in [0.15, 0.2) is 53.1 Å². The molecule has 0 atom stereocenters. The van der Waals surface area contributed by atoms with Crippen LogP contribution in [0.3, 0.4) is 0 Å². The highest BCUT2D eigenvalue weighted by Crippen LogP contribution is 2.31. The topological polar surface area (TPSA) is 63.3 Å². The van der Waals surface area contributed by atoms with E-state index in [1.165, 1.54) is 11.3 Å². The molecule has 19 heavy (non-hydrogen) atoms. The van der Waals surface area contributed by atoms with Crippen LogP contribution in [0.5, 0.6) is 0 Å². The minimum Gasteiger partial charge on any atom is -0.477 e. The monoisotopic (exact) mass is 271 g/mol. The fraction of sp³-hybridized carbons (Fsp3) is 0. The maximum absolute atomic E-state index is 10.8. The van der Waals surface area contributed by atoms with Gasteiger partial charge in [-0.3, -0.25) is 0 Å². The molecule has 0 saturated carbocycles. The number of benzene rings is 1. The molecular formula is C14H9NO3S. The second-order valence-electron chi connectivity index (χ2n) is 3.86. The molecule has 1 N–H and O–H groups in total. The van der Waals surface area contributed by atoms with Gasteiger partial charge >= 0.3 is 5.97 Å². The lowest BCUT2D eigenvalue weighted by Gasteiger charge is -1.93. The summed E-state index contributed by atoms with van der Waals surface area (Å²) >= 11 is 1.17. The Kier molecular flexibility index (Phi) is 2.89. The Morgan fingerprint density at radius 3 is 2.63 bits per heavy atom. The largest absolute Gasteiger partial charge is 0.477 e. The van der Waals surface area contributed by atoms with Gasteiger partial charge in [0, 0.05) is 5.56 Å². The summed E-state index contributed by atoms with van der Waals surface area (Å²) in [6, 6.07) is 12.8. The van der Waals surface area contributed by atoms with Crippen molar-refractivity contribution < 1.29 is 14.3 Å². The molecule has 0 unspecified atom stereocenters. The SMILES string of the molecule is O=C(O)c1ccc(-c2cnc(-c3ccccc3)o2)s1. The highest BCUT2D eigenvalue weighted by Gasteiger charge is 2.12. The standard InChI is InChI=1S/C14H9NO3S/c16-14(17)12-7-6-11(19-12)10-8-15-13(18-10)9-4-2-1-3-5-9/h1-8H,(H,16,17). The molecule has 2 aromatic heterocycles. The average molecular weight is 271 g/mol. The first kappa shape index (κ1) is 11.7. The van der Waals surface area contributed by atoms with E-state index in [9.17, 15) is 4.79 Å². The van der Waals surface area contributed by atoms with Crippen molar-refractivity contribution >= 4 is 17.3 Å². The molecule has 3 rings (SSSR count). The van der Waals surface area contributed by atoms with Crippen molar-refractivity contribution in [3.8, 4) is 22.1 Å². The van der Waals surface area contributed by atoms with E-state index in [-0.39, 0.29) is 4.88 Å². The third-order valence-corrected chi connectivity index (χ3v) is 3.67. The normalized spacial score (nSPS) is 10.5. The molecule has 5 heteroatoms. The highest BCUT2D eigenvalue weighted by atomic mass is 32.1. The second-order valence-corrected chi connectivity index (χ2v) is 4.95. The molecular weight excluding hydrogens is 262 g/mol. The molecule has 94 valence electrons. The third-order valence-electron chi connectivity index (χ3n) is 2.59. The van der Waals surface area contributed by atoms with Gasteiger partial charge in [-0.05, 0) is 24.3 Å². The Labute approximate surface area is 113 Å². The van der Waals surface area contributed by atoms with Crippen LogP contribution in [0.1, 0.15) is 9.67 Å². The Bertz CT molecular complexity index is 715. The minimum atomic E-state index is -0.931.